The number of hydrogen-bond donors (Lipinski definition) is 1. The van der Waals surface area contributed by atoms with Gasteiger partial charge in [-0.15, -0.1) is 0 Å². The lowest BCUT2D eigenvalue weighted by atomic mass is 10.2. The highest BCUT2D eigenvalue weighted by Gasteiger charge is 2.09. The first kappa shape index (κ1) is 7.21. The van der Waals surface area contributed by atoms with Gasteiger partial charge in [0, 0.05) is 6.04 Å². The van der Waals surface area contributed by atoms with Crippen LogP contribution in [0.25, 0.3) is 0 Å². The van der Waals surface area contributed by atoms with Crippen LogP contribution in [0.5, 0.6) is 0 Å². The number of rotatable bonds is 2. The van der Waals surface area contributed by atoms with E-state index >= 15 is 0 Å². The summed E-state index contributed by atoms with van der Waals surface area (Å²) < 4.78 is 0. The van der Waals surface area contributed by atoms with Gasteiger partial charge in [0.1, 0.15) is 0 Å². The van der Waals surface area contributed by atoms with Crippen molar-refractivity contribution in [3.8, 4) is 0 Å². The van der Waals surface area contributed by atoms with Crippen molar-refractivity contribution < 1.29 is 0 Å². The van der Waals surface area contributed by atoms with E-state index in [2.05, 4.69) is 10.2 Å². The Kier molecular flexibility index (Phi) is 2.01. The Hall–Kier alpha value is -0.900. The number of nitrogens with zero attached hydrogens (tertiary/aromatic N) is 3. The molecule has 0 radical (unpaired) electrons. The average molecular weight is 140 g/mol. The zero-order valence-electron chi connectivity index (χ0n) is 6.23. The van der Waals surface area contributed by atoms with E-state index in [0.717, 1.165) is 0 Å². The van der Waals surface area contributed by atoms with Crippen LogP contribution in [0.15, 0.2) is 12.4 Å². The molecular formula is C6H12N4. The predicted molar refractivity (Wildman–Crippen MR) is 38.4 cm³/mol. The molecule has 1 aromatic rings. The van der Waals surface area contributed by atoms with E-state index in [1.165, 1.54) is 0 Å². The van der Waals surface area contributed by atoms with Gasteiger partial charge in [-0.1, -0.05) is 0 Å². The summed E-state index contributed by atoms with van der Waals surface area (Å²) in [5, 5.41) is 7.93. The van der Waals surface area contributed by atoms with Crippen LogP contribution in [-0.4, -0.2) is 21.0 Å². The van der Waals surface area contributed by atoms with Gasteiger partial charge < -0.3 is 5.73 Å². The second-order valence-corrected chi connectivity index (χ2v) is 2.45. The largest absolute Gasteiger partial charge is 0.326 e. The second-order valence-electron chi connectivity index (χ2n) is 2.45. The molecule has 10 heavy (non-hydrogen) atoms. The summed E-state index contributed by atoms with van der Waals surface area (Å²) in [5.74, 6) is 0. The van der Waals surface area contributed by atoms with Crippen LogP contribution in [0.2, 0.25) is 0 Å². The maximum absolute atomic E-state index is 5.63. The van der Waals surface area contributed by atoms with Crippen molar-refractivity contribution in [1.82, 2.24) is 15.0 Å². The van der Waals surface area contributed by atoms with Crippen molar-refractivity contribution in [3.63, 3.8) is 0 Å². The van der Waals surface area contributed by atoms with Gasteiger partial charge in [0.05, 0.1) is 18.4 Å². The molecule has 1 rings (SSSR count). The van der Waals surface area contributed by atoms with Crippen LogP contribution in [0.4, 0.5) is 0 Å². The normalized spacial score (nSPS) is 16.7. The molecule has 0 spiro atoms. The highest BCUT2D eigenvalue weighted by molar-refractivity contribution is 4.69. The van der Waals surface area contributed by atoms with Crippen molar-refractivity contribution in [3.05, 3.63) is 12.4 Å². The third-order valence-electron chi connectivity index (χ3n) is 1.56. The first-order chi connectivity index (χ1) is 4.72. The Bertz CT molecular complexity index is 180. The Labute approximate surface area is 60.0 Å². The number of nitrogens with two attached hydrogens (primary N) is 1. The van der Waals surface area contributed by atoms with Gasteiger partial charge in [-0.25, -0.2) is 0 Å². The lowest BCUT2D eigenvalue weighted by Gasteiger charge is -2.13. The monoisotopic (exact) mass is 140 g/mol. The highest BCUT2D eigenvalue weighted by Crippen LogP contribution is 2.03. The van der Waals surface area contributed by atoms with Crippen LogP contribution in [-0.2, 0) is 0 Å². The summed E-state index contributed by atoms with van der Waals surface area (Å²) in [5.41, 5.74) is 5.63. The molecule has 0 saturated heterocycles. The Morgan fingerprint density at radius 3 is 2.20 bits per heavy atom. The molecule has 0 aliphatic rings. The molecule has 0 aliphatic heterocycles. The molecule has 4 heteroatoms. The summed E-state index contributed by atoms with van der Waals surface area (Å²) in [7, 11) is 0. The summed E-state index contributed by atoms with van der Waals surface area (Å²) in [4.78, 5) is 1.62. The average Bonchev–Trinajstić information content (AvgIpc) is 2.36. The van der Waals surface area contributed by atoms with E-state index in [0.29, 0.717) is 0 Å². The molecule has 1 heterocycles. The second kappa shape index (κ2) is 2.79. The fraction of sp³-hybridized carbons (Fsp3) is 0.667. The zero-order chi connectivity index (χ0) is 7.56. The smallest absolute Gasteiger partial charge is 0.0836 e. The first-order valence-corrected chi connectivity index (χ1v) is 3.33. The quantitative estimate of drug-likeness (QED) is 0.637. The zero-order valence-corrected chi connectivity index (χ0v) is 6.23. The molecule has 0 aliphatic carbocycles. The molecule has 0 saturated carbocycles. The summed E-state index contributed by atoms with van der Waals surface area (Å²) in [6.45, 7) is 3.93. The lowest BCUT2D eigenvalue weighted by molar-refractivity contribution is 0.382. The van der Waals surface area contributed by atoms with Crippen LogP contribution in [0.1, 0.15) is 19.9 Å². The van der Waals surface area contributed by atoms with Gasteiger partial charge in [0.25, 0.3) is 0 Å². The Balaban J connectivity index is 2.68. The molecule has 0 aromatic carbocycles. The van der Waals surface area contributed by atoms with Crippen LogP contribution in [0, 0.1) is 0 Å². The van der Waals surface area contributed by atoms with Crippen molar-refractivity contribution >= 4 is 0 Å². The summed E-state index contributed by atoms with van der Waals surface area (Å²) in [6.07, 6.45) is 3.30. The van der Waals surface area contributed by atoms with E-state index in [1.807, 2.05) is 13.8 Å². The molecule has 2 atom stereocenters. The van der Waals surface area contributed by atoms with Gasteiger partial charge in [0.2, 0.25) is 0 Å². The van der Waals surface area contributed by atoms with Crippen molar-refractivity contribution in [2.75, 3.05) is 0 Å². The maximum atomic E-state index is 5.63. The van der Waals surface area contributed by atoms with Crippen molar-refractivity contribution in [1.29, 1.82) is 0 Å². The third-order valence-corrected chi connectivity index (χ3v) is 1.56. The number of hydrogen-bond acceptors (Lipinski definition) is 3. The van der Waals surface area contributed by atoms with Crippen LogP contribution >= 0.6 is 0 Å². The molecule has 1 aromatic heterocycles. The van der Waals surface area contributed by atoms with E-state index in [9.17, 15) is 0 Å². The van der Waals surface area contributed by atoms with E-state index in [4.69, 9.17) is 5.73 Å². The highest BCUT2D eigenvalue weighted by atomic mass is 15.5. The first-order valence-electron chi connectivity index (χ1n) is 3.33. The fourth-order valence-electron chi connectivity index (χ4n) is 0.647. The molecule has 0 bridgehead atoms. The minimum Gasteiger partial charge on any atom is -0.326 e. The Morgan fingerprint density at radius 1 is 1.30 bits per heavy atom. The summed E-state index contributed by atoms with van der Waals surface area (Å²) >= 11 is 0. The maximum Gasteiger partial charge on any atom is 0.0836 e. The van der Waals surface area contributed by atoms with E-state index in [1.54, 1.807) is 17.2 Å². The van der Waals surface area contributed by atoms with Crippen LogP contribution in [0.3, 0.4) is 0 Å². The van der Waals surface area contributed by atoms with Crippen LogP contribution < -0.4 is 5.73 Å². The van der Waals surface area contributed by atoms with E-state index in [-0.39, 0.29) is 12.1 Å². The van der Waals surface area contributed by atoms with Gasteiger partial charge in [0.15, 0.2) is 0 Å². The standard InChI is InChI=1S/C6H12N4/c1-5(7)6(2)10-8-3-4-9-10/h3-6H,7H2,1-2H3/t5-,6?/m1/s1. The van der Waals surface area contributed by atoms with Gasteiger partial charge >= 0.3 is 0 Å². The molecule has 4 nitrogen and oxygen atoms in total. The lowest BCUT2D eigenvalue weighted by Crippen LogP contribution is -2.28. The predicted octanol–water partition coefficient (Wildman–Crippen LogP) is 0.186. The minimum atomic E-state index is 0.0902. The molecule has 0 amide bonds. The molecule has 56 valence electrons. The SMILES string of the molecule is CC([C@@H](C)N)n1nccn1. The Morgan fingerprint density at radius 2 is 1.80 bits per heavy atom. The molecular weight excluding hydrogens is 128 g/mol. The van der Waals surface area contributed by atoms with Crippen molar-refractivity contribution in [2.45, 2.75) is 25.9 Å². The van der Waals surface area contributed by atoms with Gasteiger partial charge in [-0.05, 0) is 13.8 Å². The third kappa shape index (κ3) is 1.33. The molecule has 1 unspecified atom stereocenters. The minimum absolute atomic E-state index is 0.0902. The molecule has 0 fully saturated rings. The molecule has 2 N–H and O–H groups in total. The summed E-state index contributed by atoms with van der Waals surface area (Å²) in [6, 6.07) is 0.266. The van der Waals surface area contributed by atoms with Gasteiger partial charge in [-0.2, -0.15) is 15.0 Å². The van der Waals surface area contributed by atoms with Gasteiger partial charge in [-0.3, -0.25) is 0 Å². The van der Waals surface area contributed by atoms with E-state index < -0.39 is 0 Å². The van der Waals surface area contributed by atoms with Crippen molar-refractivity contribution in [2.24, 2.45) is 5.73 Å². The topological polar surface area (TPSA) is 56.7 Å². The fourth-order valence-corrected chi connectivity index (χ4v) is 0.647. The number of aromatic nitrogens is 3.